The Kier molecular flexibility index (Phi) is 7.90. The Balaban J connectivity index is 1.17. The molecule has 3 aromatic rings. The molecule has 0 aliphatic carbocycles. The van der Waals surface area contributed by atoms with E-state index in [1.807, 2.05) is 18.2 Å². The molecule has 0 bridgehead atoms. The van der Waals surface area contributed by atoms with Crippen molar-refractivity contribution in [1.29, 1.82) is 0 Å². The molecular formula is C26H29ClN2OS. The summed E-state index contributed by atoms with van der Waals surface area (Å²) in [6, 6.07) is 23.0. The van der Waals surface area contributed by atoms with Crippen molar-refractivity contribution in [3.8, 4) is 0 Å². The number of fused-ring (bicyclic) bond motifs is 1. The molecule has 0 spiro atoms. The van der Waals surface area contributed by atoms with Crippen LogP contribution in [0.1, 0.15) is 24.0 Å². The van der Waals surface area contributed by atoms with Crippen LogP contribution in [-0.4, -0.2) is 36.2 Å². The molecule has 31 heavy (non-hydrogen) atoms. The van der Waals surface area contributed by atoms with Gasteiger partial charge in [0.15, 0.2) is 0 Å². The SMILES string of the molecule is O=C(NCCSCc1ccccc1Cl)C1CCN(Cc2cccc3ccccc23)CC1. The van der Waals surface area contributed by atoms with Crippen molar-refractivity contribution in [3.05, 3.63) is 82.9 Å². The predicted octanol–water partition coefficient (Wildman–Crippen LogP) is 5.75. The van der Waals surface area contributed by atoms with Crippen LogP contribution in [0.3, 0.4) is 0 Å². The van der Waals surface area contributed by atoms with Gasteiger partial charge in [-0.2, -0.15) is 11.8 Å². The van der Waals surface area contributed by atoms with Crippen LogP contribution in [0.4, 0.5) is 0 Å². The number of thioether (sulfide) groups is 1. The van der Waals surface area contributed by atoms with E-state index in [0.717, 1.165) is 54.6 Å². The van der Waals surface area contributed by atoms with E-state index < -0.39 is 0 Å². The van der Waals surface area contributed by atoms with E-state index in [4.69, 9.17) is 11.6 Å². The maximum Gasteiger partial charge on any atom is 0.223 e. The van der Waals surface area contributed by atoms with Gasteiger partial charge in [0, 0.05) is 35.5 Å². The molecule has 1 aliphatic heterocycles. The number of amides is 1. The maximum absolute atomic E-state index is 12.6. The maximum atomic E-state index is 12.6. The van der Waals surface area contributed by atoms with Crippen molar-refractivity contribution in [1.82, 2.24) is 10.2 Å². The van der Waals surface area contributed by atoms with Gasteiger partial charge in [0.25, 0.3) is 0 Å². The van der Waals surface area contributed by atoms with Gasteiger partial charge in [0.1, 0.15) is 0 Å². The van der Waals surface area contributed by atoms with Crippen LogP contribution < -0.4 is 5.32 Å². The molecule has 0 radical (unpaired) electrons. The molecule has 1 amide bonds. The fourth-order valence-electron chi connectivity index (χ4n) is 4.21. The highest BCUT2D eigenvalue weighted by atomic mass is 35.5. The number of hydrogen-bond acceptors (Lipinski definition) is 3. The van der Waals surface area contributed by atoms with Crippen molar-refractivity contribution < 1.29 is 4.79 Å². The second kappa shape index (κ2) is 11.0. The van der Waals surface area contributed by atoms with Gasteiger partial charge in [-0.25, -0.2) is 0 Å². The highest BCUT2D eigenvalue weighted by Gasteiger charge is 2.24. The summed E-state index contributed by atoms with van der Waals surface area (Å²) in [4.78, 5) is 15.0. The van der Waals surface area contributed by atoms with E-state index in [1.54, 1.807) is 11.8 Å². The Morgan fingerprint density at radius 3 is 2.52 bits per heavy atom. The van der Waals surface area contributed by atoms with Gasteiger partial charge >= 0.3 is 0 Å². The Hall–Kier alpha value is -2.01. The fourth-order valence-corrected chi connectivity index (χ4v) is 5.36. The Labute approximate surface area is 194 Å². The van der Waals surface area contributed by atoms with Gasteiger partial charge in [0.05, 0.1) is 0 Å². The van der Waals surface area contributed by atoms with Crippen molar-refractivity contribution in [2.24, 2.45) is 5.92 Å². The summed E-state index contributed by atoms with van der Waals surface area (Å²) in [5.74, 6) is 2.12. The molecule has 1 N–H and O–H groups in total. The summed E-state index contributed by atoms with van der Waals surface area (Å²) >= 11 is 8.00. The second-order valence-corrected chi connectivity index (χ2v) is 9.64. The fraction of sp³-hybridized carbons (Fsp3) is 0.346. The number of benzene rings is 3. The Bertz CT molecular complexity index is 1010. The number of halogens is 1. The van der Waals surface area contributed by atoms with Crippen LogP contribution in [-0.2, 0) is 17.1 Å². The van der Waals surface area contributed by atoms with E-state index in [2.05, 4.69) is 58.7 Å². The molecule has 4 rings (SSSR count). The lowest BCUT2D eigenvalue weighted by molar-refractivity contribution is -0.126. The molecule has 5 heteroatoms. The van der Waals surface area contributed by atoms with Crippen molar-refractivity contribution in [3.63, 3.8) is 0 Å². The summed E-state index contributed by atoms with van der Waals surface area (Å²) < 4.78 is 0. The smallest absolute Gasteiger partial charge is 0.223 e. The lowest BCUT2D eigenvalue weighted by Crippen LogP contribution is -2.40. The van der Waals surface area contributed by atoms with E-state index in [1.165, 1.54) is 16.3 Å². The molecule has 0 saturated carbocycles. The zero-order valence-corrected chi connectivity index (χ0v) is 19.3. The minimum Gasteiger partial charge on any atom is -0.355 e. The van der Waals surface area contributed by atoms with Gasteiger partial charge in [-0.3, -0.25) is 9.69 Å². The van der Waals surface area contributed by atoms with Crippen LogP contribution in [0.2, 0.25) is 5.02 Å². The topological polar surface area (TPSA) is 32.3 Å². The third-order valence-corrected chi connectivity index (χ3v) is 7.37. The van der Waals surface area contributed by atoms with E-state index in [-0.39, 0.29) is 11.8 Å². The van der Waals surface area contributed by atoms with Crippen LogP contribution in [0.5, 0.6) is 0 Å². The summed E-state index contributed by atoms with van der Waals surface area (Å²) in [6.45, 7) is 3.61. The van der Waals surface area contributed by atoms with Gasteiger partial charge in [-0.05, 0) is 53.9 Å². The lowest BCUT2D eigenvalue weighted by Gasteiger charge is -2.31. The number of piperidine rings is 1. The Morgan fingerprint density at radius 1 is 0.968 bits per heavy atom. The molecule has 162 valence electrons. The molecule has 0 aromatic heterocycles. The van der Waals surface area contributed by atoms with Crippen molar-refractivity contribution in [2.45, 2.75) is 25.1 Å². The molecule has 1 saturated heterocycles. The lowest BCUT2D eigenvalue weighted by atomic mass is 9.95. The van der Waals surface area contributed by atoms with Gasteiger partial charge in [0.2, 0.25) is 5.91 Å². The molecule has 3 nitrogen and oxygen atoms in total. The highest BCUT2D eigenvalue weighted by Crippen LogP contribution is 2.24. The third-order valence-electron chi connectivity index (χ3n) is 5.99. The number of carbonyl (C=O) groups is 1. The van der Waals surface area contributed by atoms with Crippen LogP contribution >= 0.6 is 23.4 Å². The molecule has 1 heterocycles. The summed E-state index contributed by atoms with van der Waals surface area (Å²) in [7, 11) is 0. The first kappa shape index (κ1) is 22.2. The molecule has 1 fully saturated rings. The Morgan fingerprint density at radius 2 is 1.68 bits per heavy atom. The summed E-state index contributed by atoms with van der Waals surface area (Å²) in [5.41, 5.74) is 2.52. The van der Waals surface area contributed by atoms with Crippen LogP contribution in [0.15, 0.2) is 66.7 Å². The minimum absolute atomic E-state index is 0.136. The number of nitrogens with one attached hydrogen (secondary N) is 1. The average molecular weight is 453 g/mol. The molecular weight excluding hydrogens is 424 g/mol. The third kappa shape index (κ3) is 6.03. The number of likely N-dealkylation sites (tertiary alicyclic amines) is 1. The zero-order valence-electron chi connectivity index (χ0n) is 17.7. The number of nitrogens with zero attached hydrogens (tertiary/aromatic N) is 1. The second-order valence-electron chi connectivity index (χ2n) is 8.12. The van der Waals surface area contributed by atoms with Gasteiger partial charge in [-0.15, -0.1) is 0 Å². The highest BCUT2D eigenvalue weighted by molar-refractivity contribution is 7.98. The largest absolute Gasteiger partial charge is 0.355 e. The molecule has 0 unspecified atom stereocenters. The van der Waals surface area contributed by atoms with Gasteiger partial charge < -0.3 is 5.32 Å². The van der Waals surface area contributed by atoms with E-state index in [9.17, 15) is 4.79 Å². The number of hydrogen-bond donors (Lipinski definition) is 1. The normalized spacial score (nSPS) is 15.3. The number of carbonyl (C=O) groups excluding carboxylic acids is 1. The number of rotatable bonds is 8. The predicted molar refractivity (Wildman–Crippen MR) is 133 cm³/mol. The molecule has 0 atom stereocenters. The van der Waals surface area contributed by atoms with Crippen LogP contribution in [0.25, 0.3) is 10.8 Å². The van der Waals surface area contributed by atoms with Crippen LogP contribution in [0, 0.1) is 5.92 Å². The van der Waals surface area contributed by atoms with Gasteiger partial charge in [-0.1, -0.05) is 72.3 Å². The average Bonchev–Trinajstić information content (AvgIpc) is 2.80. The quantitative estimate of drug-likeness (QED) is 0.441. The minimum atomic E-state index is 0.136. The summed E-state index contributed by atoms with van der Waals surface area (Å²) in [6.07, 6.45) is 1.87. The van der Waals surface area contributed by atoms with E-state index >= 15 is 0 Å². The first-order valence-corrected chi connectivity index (χ1v) is 12.5. The molecule has 3 aromatic carbocycles. The zero-order chi connectivity index (χ0) is 21.5. The van der Waals surface area contributed by atoms with E-state index in [0.29, 0.717) is 6.54 Å². The molecule has 1 aliphatic rings. The van der Waals surface area contributed by atoms with Crippen molar-refractivity contribution in [2.75, 3.05) is 25.4 Å². The monoisotopic (exact) mass is 452 g/mol. The standard InChI is InChI=1S/C26H29ClN2OS/c27-25-11-4-2-7-23(25)19-31-17-14-28-26(30)21-12-15-29(16-13-21)18-22-9-5-8-20-6-1-3-10-24(20)22/h1-11,21H,12-19H2,(H,28,30). The first-order valence-electron chi connectivity index (χ1n) is 11.0. The van der Waals surface area contributed by atoms with Crippen molar-refractivity contribution >= 4 is 40.0 Å². The summed E-state index contributed by atoms with van der Waals surface area (Å²) in [5, 5.41) is 6.57. The first-order chi connectivity index (χ1) is 15.2.